The van der Waals surface area contributed by atoms with Gasteiger partial charge in [-0.15, -0.1) is 0 Å². The molecule has 0 spiro atoms. The van der Waals surface area contributed by atoms with E-state index in [1.54, 1.807) is 0 Å². The van der Waals surface area contributed by atoms with Gasteiger partial charge in [-0.2, -0.15) is 0 Å². The summed E-state index contributed by atoms with van der Waals surface area (Å²) >= 11 is 0. The van der Waals surface area contributed by atoms with E-state index < -0.39 is 0 Å². The third-order valence-electron chi connectivity index (χ3n) is 4.30. The maximum atomic E-state index is 12.9. The fourth-order valence-corrected chi connectivity index (χ4v) is 2.98. The van der Waals surface area contributed by atoms with E-state index in [-0.39, 0.29) is 17.4 Å². The lowest BCUT2D eigenvalue weighted by molar-refractivity contribution is -0.124. The van der Waals surface area contributed by atoms with Crippen molar-refractivity contribution in [1.29, 1.82) is 0 Å². The zero-order valence-corrected chi connectivity index (χ0v) is 13.1. The lowest BCUT2D eigenvalue weighted by Gasteiger charge is -2.40. The average Bonchev–Trinajstić information content (AvgIpc) is 2.41. The van der Waals surface area contributed by atoms with Crippen molar-refractivity contribution in [2.45, 2.75) is 46.6 Å². The summed E-state index contributed by atoms with van der Waals surface area (Å²) in [6.07, 6.45) is 2.25. The summed E-state index contributed by atoms with van der Waals surface area (Å²) in [6.45, 7) is 10.1. The molecular weight excluding hydrogens is 248 g/mol. The molecular formula is C17H26N2O. The zero-order valence-electron chi connectivity index (χ0n) is 13.1. The van der Waals surface area contributed by atoms with E-state index >= 15 is 0 Å². The van der Waals surface area contributed by atoms with Crippen molar-refractivity contribution in [2.75, 3.05) is 18.0 Å². The van der Waals surface area contributed by atoms with Crippen LogP contribution in [-0.4, -0.2) is 25.0 Å². The van der Waals surface area contributed by atoms with Gasteiger partial charge in [0.2, 0.25) is 5.91 Å². The van der Waals surface area contributed by atoms with Crippen molar-refractivity contribution in [3.8, 4) is 0 Å². The second-order valence-corrected chi connectivity index (χ2v) is 6.40. The monoisotopic (exact) mass is 274 g/mol. The highest BCUT2D eigenvalue weighted by Gasteiger charge is 2.39. The van der Waals surface area contributed by atoms with E-state index in [0.29, 0.717) is 6.54 Å². The largest absolute Gasteiger partial charge is 0.311 e. The molecule has 1 amide bonds. The Morgan fingerprint density at radius 3 is 2.55 bits per heavy atom. The summed E-state index contributed by atoms with van der Waals surface area (Å²) in [5, 5.41) is 3.41. The number of amides is 1. The molecule has 110 valence electrons. The first-order valence-electron chi connectivity index (χ1n) is 7.57. The molecule has 1 unspecified atom stereocenters. The minimum atomic E-state index is -0.0856. The van der Waals surface area contributed by atoms with Crippen LogP contribution < -0.4 is 10.2 Å². The molecule has 1 saturated heterocycles. The molecule has 0 saturated carbocycles. The summed E-state index contributed by atoms with van der Waals surface area (Å²) in [4.78, 5) is 14.8. The highest BCUT2D eigenvalue weighted by Crippen LogP contribution is 2.32. The van der Waals surface area contributed by atoms with E-state index in [2.05, 4.69) is 38.2 Å². The van der Waals surface area contributed by atoms with Gasteiger partial charge in [0.1, 0.15) is 0 Å². The minimum absolute atomic E-state index is 0.0213. The van der Waals surface area contributed by atoms with Crippen LogP contribution in [0.2, 0.25) is 0 Å². The van der Waals surface area contributed by atoms with Crippen molar-refractivity contribution < 1.29 is 4.79 Å². The highest BCUT2D eigenvalue weighted by atomic mass is 16.2. The first-order valence-corrected chi connectivity index (χ1v) is 7.57. The Balaban J connectivity index is 2.22. The molecule has 1 N–H and O–H groups in total. The molecule has 0 radical (unpaired) electrons. The van der Waals surface area contributed by atoms with Crippen LogP contribution >= 0.6 is 0 Å². The van der Waals surface area contributed by atoms with Gasteiger partial charge in [-0.1, -0.05) is 31.5 Å². The highest BCUT2D eigenvalue weighted by molar-refractivity contribution is 5.97. The lowest BCUT2D eigenvalue weighted by atomic mass is 9.77. The van der Waals surface area contributed by atoms with Crippen LogP contribution in [0.3, 0.4) is 0 Å². The van der Waals surface area contributed by atoms with Crippen molar-refractivity contribution in [3.05, 3.63) is 29.8 Å². The number of nitrogens with zero attached hydrogens (tertiary/aromatic N) is 1. The van der Waals surface area contributed by atoms with Gasteiger partial charge in [-0.3, -0.25) is 4.79 Å². The number of benzene rings is 1. The molecule has 0 bridgehead atoms. The van der Waals surface area contributed by atoms with Gasteiger partial charge in [0, 0.05) is 12.2 Å². The SMILES string of the molecule is CCN(C(=O)C1NCCCC1(C)C)c1ccc(C)cc1. The molecule has 1 aromatic carbocycles. The predicted molar refractivity (Wildman–Crippen MR) is 84.0 cm³/mol. The van der Waals surface area contributed by atoms with Crippen molar-refractivity contribution >= 4 is 11.6 Å². The summed E-state index contributed by atoms with van der Waals surface area (Å²) in [6, 6.07) is 8.10. The second kappa shape index (κ2) is 5.96. The van der Waals surface area contributed by atoms with Crippen molar-refractivity contribution in [1.82, 2.24) is 5.32 Å². The van der Waals surface area contributed by atoms with Crippen LogP contribution in [0.4, 0.5) is 5.69 Å². The van der Waals surface area contributed by atoms with Crippen LogP contribution in [0.25, 0.3) is 0 Å². The number of anilines is 1. The average molecular weight is 274 g/mol. The fourth-order valence-electron chi connectivity index (χ4n) is 2.98. The van der Waals surface area contributed by atoms with E-state index in [1.807, 2.05) is 24.0 Å². The number of rotatable bonds is 3. The van der Waals surface area contributed by atoms with Crippen LogP contribution in [0, 0.1) is 12.3 Å². The lowest BCUT2D eigenvalue weighted by Crippen LogP contribution is -2.56. The Hall–Kier alpha value is -1.35. The zero-order chi connectivity index (χ0) is 14.8. The molecule has 1 aliphatic rings. The predicted octanol–water partition coefficient (Wildman–Crippen LogP) is 3.13. The van der Waals surface area contributed by atoms with Crippen LogP contribution in [0.15, 0.2) is 24.3 Å². The van der Waals surface area contributed by atoms with Gasteiger partial charge in [0.25, 0.3) is 0 Å². The number of aryl methyl sites for hydroxylation is 1. The molecule has 1 fully saturated rings. The molecule has 20 heavy (non-hydrogen) atoms. The maximum Gasteiger partial charge on any atom is 0.244 e. The third kappa shape index (κ3) is 3.04. The number of piperidine rings is 1. The molecule has 1 aromatic rings. The van der Waals surface area contributed by atoms with E-state index in [0.717, 1.165) is 25.1 Å². The smallest absolute Gasteiger partial charge is 0.244 e. The molecule has 1 atom stereocenters. The number of nitrogens with one attached hydrogen (secondary N) is 1. The van der Waals surface area contributed by atoms with E-state index in [1.165, 1.54) is 5.56 Å². The Bertz CT molecular complexity index is 464. The molecule has 0 aliphatic carbocycles. The van der Waals surface area contributed by atoms with Crippen LogP contribution in [0.1, 0.15) is 39.2 Å². The van der Waals surface area contributed by atoms with Gasteiger partial charge in [0.15, 0.2) is 0 Å². The van der Waals surface area contributed by atoms with Crippen molar-refractivity contribution in [3.63, 3.8) is 0 Å². The molecule has 0 aromatic heterocycles. The summed E-state index contributed by atoms with van der Waals surface area (Å²) in [5.74, 6) is 0.195. The minimum Gasteiger partial charge on any atom is -0.311 e. The molecule has 1 heterocycles. The molecule has 2 rings (SSSR count). The molecule has 1 aliphatic heterocycles. The van der Waals surface area contributed by atoms with Crippen LogP contribution in [0.5, 0.6) is 0 Å². The normalized spacial score (nSPS) is 21.5. The third-order valence-corrected chi connectivity index (χ3v) is 4.30. The number of hydrogen-bond donors (Lipinski definition) is 1. The standard InChI is InChI=1S/C17H26N2O/c1-5-19(14-9-7-13(2)8-10-14)16(20)15-17(3,4)11-6-12-18-15/h7-10,15,18H,5-6,11-12H2,1-4H3. The summed E-state index contributed by atoms with van der Waals surface area (Å²) < 4.78 is 0. The van der Waals surface area contributed by atoms with Gasteiger partial charge >= 0.3 is 0 Å². The maximum absolute atomic E-state index is 12.9. The van der Waals surface area contributed by atoms with Crippen molar-refractivity contribution in [2.24, 2.45) is 5.41 Å². The topological polar surface area (TPSA) is 32.3 Å². The van der Waals surface area contributed by atoms with Crippen LogP contribution in [-0.2, 0) is 4.79 Å². The Kier molecular flexibility index (Phi) is 4.48. The van der Waals surface area contributed by atoms with E-state index in [9.17, 15) is 4.79 Å². The first kappa shape index (κ1) is 15.0. The first-order chi connectivity index (χ1) is 9.45. The number of carbonyl (C=O) groups excluding carboxylic acids is 1. The Labute approximate surface area is 122 Å². The number of hydrogen-bond acceptors (Lipinski definition) is 2. The molecule has 3 nitrogen and oxygen atoms in total. The van der Waals surface area contributed by atoms with Gasteiger partial charge < -0.3 is 10.2 Å². The number of carbonyl (C=O) groups is 1. The second-order valence-electron chi connectivity index (χ2n) is 6.40. The molecule has 3 heteroatoms. The van der Waals surface area contributed by atoms with Gasteiger partial charge in [-0.05, 0) is 50.8 Å². The Morgan fingerprint density at radius 2 is 2.00 bits per heavy atom. The van der Waals surface area contributed by atoms with Gasteiger partial charge in [-0.25, -0.2) is 0 Å². The number of likely N-dealkylation sites (N-methyl/N-ethyl adjacent to an activating group) is 1. The Morgan fingerprint density at radius 1 is 1.35 bits per heavy atom. The summed E-state index contributed by atoms with van der Waals surface area (Å²) in [5.41, 5.74) is 2.23. The quantitative estimate of drug-likeness (QED) is 0.918. The van der Waals surface area contributed by atoms with E-state index in [4.69, 9.17) is 0 Å². The van der Waals surface area contributed by atoms with Gasteiger partial charge in [0.05, 0.1) is 6.04 Å². The summed E-state index contributed by atoms with van der Waals surface area (Å²) in [7, 11) is 0. The fraction of sp³-hybridized carbons (Fsp3) is 0.588.